The van der Waals surface area contributed by atoms with E-state index >= 15 is 0 Å². The van der Waals surface area contributed by atoms with Crippen LogP contribution in [0.25, 0.3) is 0 Å². The molecule has 7 heteroatoms. The third kappa shape index (κ3) is 5.44. The molecule has 4 N–H and O–H groups in total. The van der Waals surface area contributed by atoms with Crippen LogP contribution in [0.2, 0.25) is 0 Å². The summed E-state index contributed by atoms with van der Waals surface area (Å²) in [5, 5.41) is 22.7. The molecule has 1 heterocycles. The second-order valence-corrected chi connectivity index (χ2v) is 4.76. The summed E-state index contributed by atoms with van der Waals surface area (Å²) in [6.45, 7) is 3.01. The molecule has 19 heavy (non-hydrogen) atoms. The second kappa shape index (κ2) is 7.96. The van der Waals surface area contributed by atoms with Gasteiger partial charge in [-0.2, -0.15) is 0 Å². The summed E-state index contributed by atoms with van der Waals surface area (Å²) in [5.41, 5.74) is 0. The zero-order valence-corrected chi connectivity index (χ0v) is 11.1. The molecule has 0 aliphatic carbocycles. The van der Waals surface area contributed by atoms with E-state index in [1.807, 2.05) is 6.92 Å². The smallest absolute Gasteiger partial charge is 0.326 e. The Morgan fingerprint density at radius 3 is 2.47 bits per heavy atom. The third-order valence-electron chi connectivity index (χ3n) is 3.35. The standard InChI is InChI=1S/C12H22N2O5/c1-8(9-3-6-19-7-4-9)13-12(18)14-10(2-5-15)11(16)17/h8-10,15H,2-7H2,1H3,(H,16,17)(H2,13,14,18)/t8?,10-/m1/s1. The van der Waals surface area contributed by atoms with Crippen molar-refractivity contribution in [3.05, 3.63) is 0 Å². The van der Waals surface area contributed by atoms with Gasteiger partial charge in [-0.1, -0.05) is 0 Å². The number of carbonyl (C=O) groups excluding carboxylic acids is 1. The first-order valence-corrected chi connectivity index (χ1v) is 6.53. The van der Waals surface area contributed by atoms with Gasteiger partial charge in [-0.25, -0.2) is 9.59 Å². The van der Waals surface area contributed by atoms with Gasteiger partial charge < -0.3 is 25.6 Å². The van der Waals surface area contributed by atoms with Crippen LogP contribution >= 0.6 is 0 Å². The number of urea groups is 1. The Morgan fingerprint density at radius 1 is 1.32 bits per heavy atom. The van der Waals surface area contributed by atoms with E-state index in [0.717, 1.165) is 12.8 Å². The number of nitrogens with one attached hydrogen (secondary N) is 2. The highest BCUT2D eigenvalue weighted by Crippen LogP contribution is 2.18. The van der Waals surface area contributed by atoms with Gasteiger partial charge in [0.1, 0.15) is 6.04 Å². The molecule has 2 amide bonds. The Morgan fingerprint density at radius 2 is 1.95 bits per heavy atom. The lowest BCUT2D eigenvalue weighted by Crippen LogP contribution is -2.50. The lowest BCUT2D eigenvalue weighted by Gasteiger charge is -2.28. The van der Waals surface area contributed by atoms with Gasteiger partial charge in [0.05, 0.1) is 0 Å². The number of ether oxygens (including phenoxy) is 1. The summed E-state index contributed by atoms with van der Waals surface area (Å²) >= 11 is 0. The van der Waals surface area contributed by atoms with Crippen LogP contribution in [0.5, 0.6) is 0 Å². The van der Waals surface area contributed by atoms with Crippen LogP contribution in [0.4, 0.5) is 4.79 Å². The molecule has 1 aliphatic rings. The number of aliphatic carboxylic acids is 1. The highest BCUT2D eigenvalue weighted by molar-refractivity contribution is 5.82. The molecule has 1 saturated heterocycles. The molecule has 2 atom stereocenters. The minimum absolute atomic E-state index is 0.00555. The summed E-state index contributed by atoms with van der Waals surface area (Å²) in [6, 6.07) is -1.61. The van der Waals surface area contributed by atoms with E-state index in [9.17, 15) is 9.59 Å². The second-order valence-electron chi connectivity index (χ2n) is 4.76. The zero-order valence-electron chi connectivity index (χ0n) is 11.1. The molecular weight excluding hydrogens is 252 g/mol. The molecule has 1 unspecified atom stereocenters. The summed E-state index contributed by atoms with van der Waals surface area (Å²) in [4.78, 5) is 22.5. The number of carbonyl (C=O) groups is 2. The predicted molar refractivity (Wildman–Crippen MR) is 67.8 cm³/mol. The first kappa shape index (κ1) is 15.7. The Balaban J connectivity index is 2.38. The largest absolute Gasteiger partial charge is 0.480 e. The van der Waals surface area contributed by atoms with Crippen molar-refractivity contribution in [2.45, 2.75) is 38.3 Å². The molecule has 0 bridgehead atoms. The fourth-order valence-electron chi connectivity index (χ4n) is 2.13. The summed E-state index contributed by atoms with van der Waals surface area (Å²) in [6.07, 6.45) is 1.77. The van der Waals surface area contributed by atoms with Gasteiger partial charge in [0, 0.05) is 32.3 Å². The maximum atomic E-state index is 11.7. The number of amides is 2. The SMILES string of the molecule is CC(NC(=O)N[C@H](CCO)C(=O)O)C1CCOCC1. The Kier molecular flexibility index (Phi) is 6.58. The molecule has 1 rings (SSSR count). The van der Waals surface area contributed by atoms with E-state index in [0.29, 0.717) is 19.1 Å². The first-order valence-electron chi connectivity index (χ1n) is 6.53. The summed E-state index contributed by atoms with van der Waals surface area (Å²) in [5.74, 6) is -0.802. The molecule has 7 nitrogen and oxygen atoms in total. The molecular formula is C12H22N2O5. The molecule has 1 fully saturated rings. The molecule has 110 valence electrons. The average Bonchev–Trinajstić information content (AvgIpc) is 2.39. The number of aliphatic hydroxyl groups is 1. The third-order valence-corrected chi connectivity index (χ3v) is 3.35. The van der Waals surface area contributed by atoms with Crippen molar-refractivity contribution in [2.24, 2.45) is 5.92 Å². The lowest BCUT2D eigenvalue weighted by atomic mass is 9.93. The van der Waals surface area contributed by atoms with E-state index in [2.05, 4.69) is 10.6 Å². The maximum Gasteiger partial charge on any atom is 0.326 e. The highest BCUT2D eigenvalue weighted by Gasteiger charge is 2.24. The van der Waals surface area contributed by atoms with Crippen LogP contribution < -0.4 is 10.6 Å². The van der Waals surface area contributed by atoms with E-state index in [1.54, 1.807) is 0 Å². The average molecular weight is 274 g/mol. The number of hydrogen-bond acceptors (Lipinski definition) is 4. The normalized spacial score (nSPS) is 19.5. The number of rotatable bonds is 6. The van der Waals surface area contributed by atoms with Crippen molar-refractivity contribution in [3.63, 3.8) is 0 Å². The van der Waals surface area contributed by atoms with Gasteiger partial charge in [-0.05, 0) is 25.7 Å². The number of hydrogen-bond donors (Lipinski definition) is 4. The van der Waals surface area contributed by atoms with Crippen molar-refractivity contribution in [2.75, 3.05) is 19.8 Å². The Labute approximate surface area is 112 Å². The fraction of sp³-hybridized carbons (Fsp3) is 0.833. The van der Waals surface area contributed by atoms with Crippen LogP contribution in [-0.2, 0) is 9.53 Å². The highest BCUT2D eigenvalue weighted by atomic mass is 16.5. The molecule has 0 aromatic rings. The fourth-order valence-corrected chi connectivity index (χ4v) is 2.13. The van der Waals surface area contributed by atoms with Crippen LogP contribution in [-0.4, -0.2) is 54.1 Å². The minimum atomic E-state index is -1.15. The maximum absolute atomic E-state index is 11.7. The van der Waals surface area contributed by atoms with Crippen molar-refractivity contribution >= 4 is 12.0 Å². The Hall–Kier alpha value is -1.34. The van der Waals surface area contributed by atoms with Gasteiger partial charge in [0.25, 0.3) is 0 Å². The number of carboxylic acids is 1. The molecule has 0 saturated carbocycles. The van der Waals surface area contributed by atoms with E-state index in [-0.39, 0.29) is 19.1 Å². The molecule has 0 aromatic heterocycles. The van der Waals surface area contributed by atoms with Gasteiger partial charge >= 0.3 is 12.0 Å². The van der Waals surface area contributed by atoms with E-state index in [4.69, 9.17) is 14.9 Å². The lowest BCUT2D eigenvalue weighted by molar-refractivity contribution is -0.139. The van der Waals surface area contributed by atoms with Gasteiger partial charge in [0.2, 0.25) is 0 Å². The van der Waals surface area contributed by atoms with Crippen molar-refractivity contribution < 1.29 is 24.5 Å². The van der Waals surface area contributed by atoms with Crippen molar-refractivity contribution in [1.29, 1.82) is 0 Å². The van der Waals surface area contributed by atoms with Gasteiger partial charge in [0.15, 0.2) is 0 Å². The van der Waals surface area contributed by atoms with Crippen LogP contribution in [0.15, 0.2) is 0 Å². The van der Waals surface area contributed by atoms with E-state index in [1.165, 1.54) is 0 Å². The quantitative estimate of drug-likeness (QED) is 0.542. The van der Waals surface area contributed by atoms with Crippen molar-refractivity contribution in [1.82, 2.24) is 10.6 Å². The molecule has 0 spiro atoms. The van der Waals surface area contributed by atoms with Gasteiger partial charge in [-0.3, -0.25) is 0 Å². The predicted octanol–water partition coefficient (Wildman–Crippen LogP) is -0.0637. The minimum Gasteiger partial charge on any atom is -0.480 e. The van der Waals surface area contributed by atoms with Crippen molar-refractivity contribution in [3.8, 4) is 0 Å². The molecule has 0 radical (unpaired) electrons. The zero-order chi connectivity index (χ0) is 14.3. The van der Waals surface area contributed by atoms with Crippen LogP contribution in [0.1, 0.15) is 26.2 Å². The van der Waals surface area contributed by atoms with Crippen LogP contribution in [0, 0.1) is 5.92 Å². The number of aliphatic hydroxyl groups excluding tert-OH is 1. The topological polar surface area (TPSA) is 108 Å². The van der Waals surface area contributed by atoms with Crippen LogP contribution in [0.3, 0.4) is 0 Å². The monoisotopic (exact) mass is 274 g/mol. The summed E-state index contributed by atoms with van der Waals surface area (Å²) < 4.78 is 5.25. The Bertz CT molecular complexity index is 304. The van der Waals surface area contributed by atoms with E-state index < -0.39 is 18.0 Å². The van der Waals surface area contributed by atoms with Gasteiger partial charge in [-0.15, -0.1) is 0 Å². The summed E-state index contributed by atoms with van der Waals surface area (Å²) in [7, 11) is 0. The molecule has 1 aliphatic heterocycles. The number of carboxylic acid groups (broad SMARTS) is 1. The first-order chi connectivity index (χ1) is 9.04. The molecule has 0 aromatic carbocycles.